The number of halogens is 3. The molecule has 0 amide bonds. The summed E-state index contributed by atoms with van der Waals surface area (Å²) in [7, 11) is 0. The van der Waals surface area contributed by atoms with Crippen molar-refractivity contribution in [2.24, 2.45) is 5.92 Å². The monoisotopic (exact) mass is 304 g/mol. The first-order chi connectivity index (χ1) is 10.5. The number of aryl methyl sites for hydroxylation is 1. The van der Waals surface area contributed by atoms with Gasteiger partial charge >= 0.3 is 6.18 Å². The van der Waals surface area contributed by atoms with Crippen LogP contribution in [0.1, 0.15) is 36.5 Å². The van der Waals surface area contributed by atoms with Crippen LogP contribution in [0.2, 0.25) is 0 Å². The molecule has 0 heterocycles. The summed E-state index contributed by atoms with van der Waals surface area (Å²) in [6, 6.07) is 11.7. The van der Waals surface area contributed by atoms with Crippen LogP contribution in [-0.4, -0.2) is 0 Å². The van der Waals surface area contributed by atoms with Crippen LogP contribution < -0.4 is 0 Å². The topological polar surface area (TPSA) is 0 Å². The molecule has 22 heavy (non-hydrogen) atoms. The number of rotatable bonds is 2. The lowest BCUT2D eigenvalue weighted by Crippen LogP contribution is -2.13. The number of benzene rings is 2. The molecule has 0 aromatic heterocycles. The highest BCUT2D eigenvalue weighted by Gasteiger charge is 2.30. The molecule has 1 aliphatic carbocycles. The molecule has 116 valence electrons. The highest BCUT2D eigenvalue weighted by molar-refractivity contribution is 5.65. The molecule has 0 bridgehead atoms. The van der Waals surface area contributed by atoms with Crippen molar-refractivity contribution in [3.8, 4) is 11.1 Å². The SMILES string of the molecule is CCC1CCc2cc(-c3ccc(C(F)(F)F)cc3)ccc2C1. The standard InChI is InChI=1S/C19H19F3/c1-2-13-3-4-17-12-16(6-5-15(17)11-13)14-7-9-18(10-8-14)19(20,21)22/h5-10,12-13H,2-4,11H2,1H3. The quantitative estimate of drug-likeness (QED) is 0.649. The van der Waals surface area contributed by atoms with E-state index < -0.39 is 11.7 Å². The van der Waals surface area contributed by atoms with Crippen molar-refractivity contribution in [2.45, 2.75) is 38.8 Å². The normalized spacial score (nSPS) is 18.1. The Morgan fingerprint density at radius 1 is 0.955 bits per heavy atom. The molecule has 0 N–H and O–H groups in total. The van der Waals surface area contributed by atoms with E-state index in [9.17, 15) is 13.2 Å². The van der Waals surface area contributed by atoms with E-state index in [2.05, 4.69) is 19.1 Å². The second-order valence-electron chi connectivity index (χ2n) is 6.08. The van der Waals surface area contributed by atoms with Gasteiger partial charge in [-0.15, -0.1) is 0 Å². The first-order valence-corrected chi connectivity index (χ1v) is 7.77. The van der Waals surface area contributed by atoms with E-state index in [1.807, 2.05) is 6.07 Å². The van der Waals surface area contributed by atoms with Gasteiger partial charge in [0.25, 0.3) is 0 Å². The average Bonchev–Trinajstić information content (AvgIpc) is 2.53. The first kappa shape index (κ1) is 15.1. The molecule has 3 rings (SSSR count). The lowest BCUT2D eigenvalue weighted by Gasteiger charge is -2.24. The van der Waals surface area contributed by atoms with Crippen LogP contribution in [0.3, 0.4) is 0 Å². The summed E-state index contributed by atoms with van der Waals surface area (Å²) < 4.78 is 37.9. The van der Waals surface area contributed by atoms with Gasteiger partial charge in [-0.1, -0.05) is 43.7 Å². The summed E-state index contributed by atoms with van der Waals surface area (Å²) in [5.41, 5.74) is 3.99. The molecule has 3 heteroatoms. The molecule has 0 aliphatic heterocycles. The van der Waals surface area contributed by atoms with Crippen LogP contribution in [0.25, 0.3) is 11.1 Å². The Labute approximate surface area is 129 Å². The Balaban J connectivity index is 1.87. The van der Waals surface area contributed by atoms with E-state index >= 15 is 0 Å². The van der Waals surface area contributed by atoms with Crippen molar-refractivity contribution in [3.63, 3.8) is 0 Å². The molecule has 0 saturated heterocycles. The lowest BCUT2D eigenvalue weighted by molar-refractivity contribution is -0.137. The second kappa shape index (κ2) is 5.79. The van der Waals surface area contributed by atoms with E-state index in [1.165, 1.54) is 24.0 Å². The minimum atomic E-state index is -4.27. The van der Waals surface area contributed by atoms with Gasteiger partial charge < -0.3 is 0 Å². The van der Waals surface area contributed by atoms with Gasteiger partial charge in [0.05, 0.1) is 5.56 Å². The van der Waals surface area contributed by atoms with Gasteiger partial charge in [0, 0.05) is 0 Å². The number of alkyl halides is 3. The van der Waals surface area contributed by atoms with Crippen molar-refractivity contribution in [3.05, 3.63) is 59.2 Å². The van der Waals surface area contributed by atoms with E-state index in [0.29, 0.717) is 0 Å². The molecule has 1 unspecified atom stereocenters. The third-order valence-electron chi connectivity index (χ3n) is 4.66. The Bertz CT molecular complexity index is 653. The van der Waals surface area contributed by atoms with Crippen LogP contribution in [0, 0.1) is 5.92 Å². The van der Waals surface area contributed by atoms with Gasteiger partial charge in [-0.3, -0.25) is 0 Å². The van der Waals surface area contributed by atoms with Gasteiger partial charge in [0.1, 0.15) is 0 Å². The number of fused-ring (bicyclic) bond motifs is 1. The Hall–Kier alpha value is -1.77. The molecule has 0 radical (unpaired) electrons. The van der Waals surface area contributed by atoms with E-state index in [1.54, 1.807) is 12.1 Å². The predicted octanol–water partition coefficient (Wildman–Crippen LogP) is 5.89. The third kappa shape index (κ3) is 3.03. The number of hydrogen-bond acceptors (Lipinski definition) is 0. The maximum Gasteiger partial charge on any atom is 0.416 e. The fraction of sp³-hybridized carbons (Fsp3) is 0.368. The fourth-order valence-corrected chi connectivity index (χ4v) is 3.21. The fourth-order valence-electron chi connectivity index (χ4n) is 3.21. The molecular weight excluding hydrogens is 285 g/mol. The van der Waals surface area contributed by atoms with Crippen LogP contribution in [-0.2, 0) is 19.0 Å². The predicted molar refractivity (Wildman–Crippen MR) is 82.7 cm³/mol. The summed E-state index contributed by atoms with van der Waals surface area (Å²) in [6.45, 7) is 2.23. The van der Waals surface area contributed by atoms with E-state index in [4.69, 9.17) is 0 Å². The lowest BCUT2D eigenvalue weighted by atomic mass is 9.81. The zero-order valence-corrected chi connectivity index (χ0v) is 12.6. The minimum Gasteiger partial charge on any atom is -0.166 e. The summed E-state index contributed by atoms with van der Waals surface area (Å²) >= 11 is 0. The molecule has 0 fully saturated rings. The molecule has 0 nitrogen and oxygen atoms in total. The van der Waals surface area contributed by atoms with Crippen molar-refractivity contribution < 1.29 is 13.2 Å². The molecule has 2 aromatic rings. The van der Waals surface area contributed by atoms with Crippen LogP contribution in [0.4, 0.5) is 13.2 Å². The van der Waals surface area contributed by atoms with Crippen LogP contribution in [0.5, 0.6) is 0 Å². The Kier molecular flexibility index (Phi) is 3.98. The minimum absolute atomic E-state index is 0.597. The maximum absolute atomic E-state index is 12.6. The van der Waals surface area contributed by atoms with Gasteiger partial charge in [-0.25, -0.2) is 0 Å². The van der Waals surface area contributed by atoms with Crippen molar-refractivity contribution in [1.29, 1.82) is 0 Å². The van der Waals surface area contributed by atoms with E-state index in [0.717, 1.165) is 42.0 Å². The Morgan fingerprint density at radius 3 is 2.27 bits per heavy atom. The number of hydrogen-bond donors (Lipinski definition) is 0. The summed E-state index contributed by atoms with van der Waals surface area (Å²) in [5.74, 6) is 0.768. The summed E-state index contributed by atoms with van der Waals surface area (Å²) in [6.07, 6.45) is 0.338. The maximum atomic E-state index is 12.6. The average molecular weight is 304 g/mol. The summed E-state index contributed by atoms with van der Waals surface area (Å²) in [4.78, 5) is 0. The second-order valence-corrected chi connectivity index (χ2v) is 6.08. The molecule has 1 aliphatic rings. The van der Waals surface area contributed by atoms with Crippen LogP contribution in [0.15, 0.2) is 42.5 Å². The van der Waals surface area contributed by atoms with Crippen molar-refractivity contribution in [2.75, 3.05) is 0 Å². The molecule has 0 spiro atoms. The highest BCUT2D eigenvalue weighted by Crippen LogP contribution is 2.33. The molecule has 2 aromatic carbocycles. The Morgan fingerprint density at radius 2 is 1.64 bits per heavy atom. The van der Waals surface area contributed by atoms with E-state index in [-0.39, 0.29) is 0 Å². The zero-order valence-electron chi connectivity index (χ0n) is 12.6. The molecule has 0 saturated carbocycles. The largest absolute Gasteiger partial charge is 0.416 e. The van der Waals surface area contributed by atoms with Crippen LogP contribution >= 0.6 is 0 Å². The highest BCUT2D eigenvalue weighted by atomic mass is 19.4. The summed E-state index contributed by atoms with van der Waals surface area (Å²) in [5, 5.41) is 0. The zero-order chi connectivity index (χ0) is 15.7. The molecule has 1 atom stereocenters. The van der Waals surface area contributed by atoms with Gasteiger partial charge in [-0.05, 0) is 59.6 Å². The molecular formula is C19H19F3. The van der Waals surface area contributed by atoms with Gasteiger partial charge in [0.15, 0.2) is 0 Å². The first-order valence-electron chi connectivity index (χ1n) is 7.77. The van der Waals surface area contributed by atoms with Gasteiger partial charge in [0.2, 0.25) is 0 Å². The van der Waals surface area contributed by atoms with Gasteiger partial charge in [-0.2, -0.15) is 13.2 Å². The smallest absolute Gasteiger partial charge is 0.166 e. The third-order valence-corrected chi connectivity index (χ3v) is 4.66. The van der Waals surface area contributed by atoms with Crippen molar-refractivity contribution >= 4 is 0 Å². The van der Waals surface area contributed by atoms with Crippen molar-refractivity contribution in [1.82, 2.24) is 0 Å².